The van der Waals surface area contributed by atoms with E-state index in [0.29, 0.717) is 0 Å². The molecule has 39 heavy (non-hydrogen) atoms. The first-order chi connectivity index (χ1) is 19.3. The molecule has 3 aliphatic rings. The molecule has 1 spiro atoms. The molecule has 0 saturated heterocycles. The number of allylic oxidation sites excluding steroid dienone is 4. The average molecular weight is 500 g/mol. The van der Waals surface area contributed by atoms with Crippen molar-refractivity contribution in [2.24, 2.45) is 0 Å². The second-order valence-electron chi connectivity index (χ2n) is 10.9. The van der Waals surface area contributed by atoms with Gasteiger partial charge in [-0.3, -0.25) is 0 Å². The molecule has 6 aromatic rings. The summed E-state index contributed by atoms with van der Waals surface area (Å²) in [6.45, 7) is 0. The lowest BCUT2D eigenvalue weighted by atomic mass is 9.68. The maximum Gasteiger partial charge on any atom is 0.137 e. The number of benzene rings is 5. The first kappa shape index (κ1) is 21.2. The van der Waals surface area contributed by atoms with E-state index >= 15 is 0 Å². The summed E-state index contributed by atoms with van der Waals surface area (Å²) in [6, 6.07) is 39.6. The molecule has 0 amide bonds. The van der Waals surface area contributed by atoms with E-state index in [1.54, 1.807) is 5.57 Å². The van der Waals surface area contributed by atoms with Crippen LogP contribution < -0.4 is 5.32 Å². The average Bonchev–Trinajstić information content (AvgIpc) is 3.61. The summed E-state index contributed by atoms with van der Waals surface area (Å²) in [5.41, 5.74) is 14.9. The molecular formula is C37H25NO. The largest absolute Gasteiger partial charge is 0.456 e. The lowest BCUT2D eigenvalue weighted by Crippen LogP contribution is -2.27. The van der Waals surface area contributed by atoms with Gasteiger partial charge < -0.3 is 9.73 Å². The van der Waals surface area contributed by atoms with Crippen LogP contribution in [0, 0.1) is 0 Å². The van der Waals surface area contributed by atoms with E-state index < -0.39 is 0 Å². The number of nitrogens with one attached hydrogen (secondary N) is 1. The van der Waals surface area contributed by atoms with Crippen LogP contribution in [0.1, 0.15) is 35.1 Å². The van der Waals surface area contributed by atoms with Crippen molar-refractivity contribution in [3.63, 3.8) is 0 Å². The molecule has 0 saturated carbocycles. The molecule has 0 aliphatic heterocycles. The summed E-state index contributed by atoms with van der Waals surface area (Å²) >= 11 is 0. The molecule has 184 valence electrons. The minimum Gasteiger partial charge on any atom is -0.456 e. The van der Waals surface area contributed by atoms with Crippen LogP contribution in [0.25, 0.3) is 38.6 Å². The molecule has 1 atom stereocenters. The fraction of sp³-hybridized carbons (Fsp3) is 0.0811. The van der Waals surface area contributed by atoms with E-state index in [0.717, 1.165) is 46.2 Å². The quantitative estimate of drug-likeness (QED) is 0.256. The van der Waals surface area contributed by atoms with Gasteiger partial charge >= 0.3 is 0 Å². The van der Waals surface area contributed by atoms with Crippen molar-refractivity contribution in [2.75, 3.05) is 5.32 Å². The van der Waals surface area contributed by atoms with Gasteiger partial charge in [-0.25, -0.2) is 0 Å². The summed E-state index contributed by atoms with van der Waals surface area (Å²) in [7, 11) is 0. The van der Waals surface area contributed by atoms with Gasteiger partial charge in [0.15, 0.2) is 0 Å². The highest BCUT2D eigenvalue weighted by Crippen LogP contribution is 2.63. The van der Waals surface area contributed by atoms with E-state index in [1.807, 2.05) is 12.1 Å². The highest BCUT2D eigenvalue weighted by molar-refractivity contribution is 6.06. The predicted molar refractivity (Wildman–Crippen MR) is 160 cm³/mol. The highest BCUT2D eigenvalue weighted by atomic mass is 16.3. The summed E-state index contributed by atoms with van der Waals surface area (Å²) < 4.78 is 6.17. The molecule has 1 N–H and O–H groups in total. The molecule has 1 aromatic heterocycles. The lowest BCUT2D eigenvalue weighted by molar-refractivity contribution is 0.669. The zero-order valence-corrected chi connectivity index (χ0v) is 21.4. The SMILES string of the molecule is C1=CC2=C(CC1)C1(c3ccccc32)c2ccccc2-c2ccc(Nc3ccc4c(c3)oc3ccccc34)cc21. The molecule has 0 radical (unpaired) electrons. The van der Waals surface area contributed by atoms with Crippen LogP contribution in [-0.2, 0) is 5.41 Å². The van der Waals surface area contributed by atoms with Gasteiger partial charge in [0, 0.05) is 28.2 Å². The zero-order chi connectivity index (χ0) is 25.6. The molecule has 2 heteroatoms. The summed E-state index contributed by atoms with van der Waals surface area (Å²) in [5, 5.41) is 6.01. The van der Waals surface area contributed by atoms with Gasteiger partial charge in [-0.1, -0.05) is 84.9 Å². The van der Waals surface area contributed by atoms with E-state index in [-0.39, 0.29) is 5.41 Å². The Bertz CT molecular complexity index is 2060. The molecule has 3 aliphatic carbocycles. The number of hydrogen-bond acceptors (Lipinski definition) is 2. The van der Waals surface area contributed by atoms with Gasteiger partial charge in [-0.2, -0.15) is 0 Å². The fourth-order valence-corrected chi connectivity index (χ4v) is 7.46. The summed E-state index contributed by atoms with van der Waals surface area (Å²) in [5.74, 6) is 0. The van der Waals surface area contributed by atoms with E-state index in [1.165, 1.54) is 39.0 Å². The summed E-state index contributed by atoms with van der Waals surface area (Å²) in [6.07, 6.45) is 6.86. The van der Waals surface area contributed by atoms with Gasteiger partial charge in [0.05, 0.1) is 5.41 Å². The van der Waals surface area contributed by atoms with Crippen LogP contribution in [0.3, 0.4) is 0 Å². The maximum atomic E-state index is 6.17. The molecule has 5 aromatic carbocycles. The van der Waals surface area contributed by atoms with Crippen LogP contribution >= 0.6 is 0 Å². The van der Waals surface area contributed by atoms with Crippen molar-refractivity contribution in [1.82, 2.24) is 0 Å². The van der Waals surface area contributed by atoms with E-state index in [9.17, 15) is 0 Å². The summed E-state index contributed by atoms with van der Waals surface area (Å²) in [4.78, 5) is 0. The molecule has 0 bridgehead atoms. The second kappa shape index (κ2) is 7.61. The van der Waals surface area contributed by atoms with E-state index in [2.05, 4.69) is 115 Å². The van der Waals surface area contributed by atoms with Crippen molar-refractivity contribution in [1.29, 1.82) is 0 Å². The number of hydrogen-bond donors (Lipinski definition) is 1. The van der Waals surface area contributed by atoms with Crippen molar-refractivity contribution >= 4 is 38.9 Å². The Hall–Kier alpha value is -4.82. The zero-order valence-electron chi connectivity index (χ0n) is 21.4. The smallest absolute Gasteiger partial charge is 0.137 e. The Morgan fingerprint density at radius 3 is 2.21 bits per heavy atom. The molecule has 1 heterocycles. The fourth-order valence-electron chi connectivity index (χ4n) is 7.46. The topological polar surface area (TPSA) is 25.2 Å². The Morgan fingerprint density at radius 1 is 0.590 bits per heavy atom. The third-order valence-corrected chi connectivity index (χ3v) is 8.96. The second-order valence-corrected chi connectivity index (χ2v) is 10.9. The number of fused-ring (bicyclic) bond motifs is 12. The molecular weight excluding hydrogens is 474 g/mol. The molecule has 9 rings (SSSR count). The number of rotatable bonds is 2. The van der Waals surface area contributed by atoms with E-state index in [4.69, 9.17) is 4.42 Å². The monoisotopic (exact) mass is 499 g/mol. The number of para-hydroxylation sites is 1. The third-order valence-electron chi connectivity index (χ3n) is 8.96. The van der Waals surface area contributed by atoms with Gasteiger partial charge in [0.1, 0.15) is 11.2 Å². The Morgan fingerprint density at radius 2 is 1.28 bits per heavy atom. The molecule has 0 fully saturated rings. The molecule has 2 nitrogen and oxygen atoms in total. The molecule has 1 unspecified atom stereocenters. The third kappa shape index (κ3) is 2.71. The highest BCUT2D eigenvalue weighted by Gasteiger charge is 2.52. The lowest BCUT2D eigenvalue weighted by Gasteiger charge is -2.33. The minimum absolute atomic E-state index is 0.247. The minimum atomic E-state index is -0.247. The Labute approximate surface area is 226 Å². The van der Waals surface area contributed by atoms with Gasteiger partial charge in [-0.05, 0) is 87.7 Å². The van der Waals surface area contributed by atoms with Gasteiger partial charge in [0.25, 0.3) is 0 Å². The van der Waals surface area contributed by atoms with Gasteiger partial charge in [-0.15, -0.1) is 0 Å². The van der Waals surface area contributed by atoms with Crippen LogP contribution in [0.2, 0.25) is 0 Å². The predicted octanol–water partition coefficient (Wildman–Crippen LogP) is 9.76. The Kier molecular flexibility index (Phi) is 4.13. The van der Waals surface area contributed by atoms with Crippen molar-refractivity contribution in [2.45, 2.75) is 18.3 Å². The van der Waals surface area contributed by atoms with Crippen LogP contribution in [-0.4, -0.2) is 0 Å². The van der Waals surface area contributed by atoms with Crippen LogP contribution in [0.5, 0.6) is 0 Å². The van der Waals surface area contributed by atoms with Gasteiger partial charge in [0.2, 0.25) is 0 Å². The maximum absolute atomic E-state index is 6.17. The normalized spacial score (nSPS) is 18.5. The standard InChI is InChI=1S/C37H25NO/c1-5-13-31-25(9-1)26-10-2-6-14-32(26)37(31)33-15-7-3-11-27(33)28-19-17-23(21-34(28)37)38-24-18-20-30-29-12-4-8-16-35(29)39-36(30)22-24/h1-5,7-13,15-22,38H,6,14H2. The van der Waals surface area contributed by atoms with Crippen LogP contribution in [0.15, 0.2) is 131 Å². The van der Waals surface area contributed by atoms with Crippen LogP contribution in [0.4, 0.5) is 11.4 Å². The van der Waals surface area contributed by atoms with Crippen molar-refractivity contribution in [3.05, 3.63) is 149 Å². The first-order valence-corrected chi connectivity index (χ1v) is 13.8. The Balaban J connectivity index is 1.23. The number of anilines is 2. The van der Waals surface area contributed by atoms with Crippen molar-refractivity contribution < 1.29 is 4.42 Å². The number of furan rings is 1. The van der Waals surface area contributed by atoms with Crippen molar-refractivity contribution in [3.8, 4) is 11.1 Å². The first-order valence-electron chi connectivity index (χ1n) is 13.8.